The number of carbonyl (C=O) groups excluding carboxylic acids is 3. The van der Waals surface area contributed by atoms with Gasteiger partial charge in [-0.2, -0.15) is 0 Å². The first kappa shape index (κ1) is 24.2. The molecular formula is C25H26N4O5. The van der Waals surface area contributed by atoms with Crippen LogP contribution in [0, 0.1) is 0 Å². The first-order valence-corrected chi connectivity index (χ1v) is 10.7. The van der Waals surface area contributed by atoms with Gasteiger partial charge in [-0.25, -0.2) is 0 Å². The number of pyridine rings is 1. The molecule has 34 heavy (non-hydrogen) atoms. The third kappa shape index (κ3) is 7.06. The van der Waals surface area contributed by atoms with Crippen LogP contribution < -0.4 is 25.8 Å². The Kier molecular flexibility index (Phi) is 8.56. The molecule has 1 heterocycles. The second-order valence-electron chi connectivity index (χ2n) is 7.27. The van der Waals surface area contributed by atoms with Crippen LogP contribution in [0.15, 0.2) is 67.0 Å². The Morgan fingerprint density at radius 1 is 0.882 bits per heavy atom. The first-order valence-electron chi connectivity index (χ1n) is 10.7. The van der Waals surface area contributed by atoms with Crippen LogP contribution in [0.1, 0.15) is 38.8 Å². The fourth-order valence-corrected chi connectivity index (χ4v) is 3.01. The van der Waals surface area contributed by atoms with Crippen LogP contribution in [0.5, 0.6) is 11.5 Å². The molecule has 0 aliphatic rings. The van der Waals surface area contributed by atoms with Gasteiger partial charge in [-0.1, -0.05) is 18.2 Å². The summed E-state index contributed by atoms with van der Waals surface area (Å²) < 4.78 is 11.5. The molecule has 0 saturated carbocycles. The number of nitrogens with zero attached hydrogens (tertiary/aromatic N) is 1. The third-order valence-electron chi connectivity index (χ3n) is 4.72. The highest BCUT2D eigenvalue weighted by molar-refractivity contribution is 5.96. The van der Waals surface area contributed by atoms with Crippen LogP contribution in [0.25, 0.3) is 0 Å². The number of carbonyl (C=O) groups is 3. The second kappa shape index (κ2) is 12.0. The number of primary amides is 1. The van der Waals surface area contributed by atoms with Gasteiger partial charge in [0, 0.05) is 35.6 Å². The predicted molar refractivity (Wildman–Crippen MR) is 125 cm³/mol. The number of aromatic nitrogens is 1. The van der Waals surface area contributed by atoms with Crippen molar-refractivity contribution in [2.45, 2.75) is 20.1 Å². The summed E-state index contributed by atoms with van der Waals surface area (Å²) in [7, 11) is 0. The maximum absolute atomic E-state index is 12.7. The summed E-state index contributed by atoms with van der Waals surface area (Å²) in [4.78, 5) is 39.4. The quantitative estimate of drug-likeness (QED) is 0.400. The number of hydrogen-bond acceptors (Lipinski definition) is 6. The first-order chi connectivity index (χ1) is 16.5. The predicted octanol–water partition coefficient (Wildman–Crippen LogP) is 2.20. The van der Waals surface area contributed by atoms with E-state index >= 15 is 0 Å². The Balaban J connectivity index is 1.59. The molecule has 0 saturated heterocycles. The van der Waals surface area contributed by atoms with Gasteiger partial charge in [0.05, 0.1) is 13.2 Å². The number of hydrogen-bond donors (Lipinski definition) is 3. The van der Waals surface area contributed by atoms with Crippen molar-refractivity contribution in [3.63, 3.8) is 0 Å². The van der Waals surface area contributed by atoms with E-state index in [0.29, 0.717) is 35.8 Å². The van der Waals surface area contributed by atoms with E-state index in [2.05, 4.69) is 15.6 Å². The molecule has 0 atom stereocenters. The highest BCUT2D eigenvalue weighted by atomic mass is 16.5. The van der Waals surface area contributed by atoms with Crippen LogP contribution in [-0.2, 0) is 17.9 Å². The minimum absolute atomic E-state index is 0.229. The highest BCUT2D eigenvalue weighted by Crippen LogP contribution is 2.29. The molecule has 0 bridgehead atoms. The molecule has 3 rings (SSSR count). The monoisotopic (exact) mass is 462 g/mol. The van der Waals surface area contributed by atoms with Crippen LogP contribution in [0.2, 0.25) is 0 Å². The molecule has 0 unspecified atom stereocenters. The van der Waals surface area contributed by atoms with Crippen molar-refractivity contribution < 1.29 is 23.9 Å². The summed E-state index contributed by atoms with van der Waals surface area (Å²) in [5.74, 6) is -0.280. The van der Waals surface area contributed by atoms with Gasteiger partial charge in [-0.3, -0.25) is 19.4 Å². The number of rotatable bonds is 11. The molecule has 0 radical (unpaired) electrons. The molecule has 0 spiro atoms. The zero-order valence-corrected chi connectivity index (χ0v) is 18.7. The van der Waals surface area contributed by atoms with Crippen molar-refractivity contribution in [3.05, 3.63) is 89.2 Å². The Bertz CT molecular complexity index is 1130. The fourth-order valence-electron chi connectivity index (χ4n) is 3.01. The summed E-state index contributed by atoms with van der Waals surface area (Å²) >= 11 is 0. The van der Waals surface area contributed by atoms with Gasteiger partial charge < -0.3 is 25.8 Å². The minimum atomic E-state index is -0.617. The molecule has 2 aromatic carbocycles. The van der Waals surface area contributed by atoms with Gasteiger partial charge >= 0.3 is 0 Å². The van der Waals surface area contributed by atoms with E-state index in [1.165, 1.54) is 0 Å². The molecule has 0 aliphatic carbocycles. The lowest BCUT2D eigenvalue weighted by atomic mass is 10.1. The standard InChI is InChI=1S/C25H26N4O5/c1-2-33-22-12-20(9-10-21(22)34-16-18-4-3-11-27-13-18)25(32)28-14-17-5-7-19(8-6-17)24(31)29-15-23(26)30/h3-13H,2,14-16H2,1H3,(H2,26,30)(H,28,32)(H,29,31). The summed E-state index contributed by atoms with van der Waals surface area (Å²) in [6.45, 7) is 2.65. The number of ether oxygens (including phenoxy) is 2. The van der Waals surface area contributed by atoms with Crippen molar-refractivity contribution >= 4 is 17.7 Å². The Hall–Kier alpha value is -4.40. The molecule has 4 N–H and O–H groups in total. The van der Waals surface area contributed by atoms with E-state index in [-0.39, 0.29) is 19.0 Å². The topological polar surface area (TPSA) is 133 Å². The zero-order valence-electron chi connectivity index (χ0n) is 18.7. The largest absolute Gasteiger partial charge is 0.490 e. The van der Waals surface area contributed by atoms with E-state index in [1.54, 1.807) is 54.9 Å². The van der Waals surface area contributed by atoms with Crippen LogP contribution in [-0.4, -0.2) is 35.9 Å². The lowest BCUT2D eigenvalue weighted by molar-refractivity contribution is -0.117. The molecule has 9 heteroatoms. The van der Waals surface area contributed by atoms with Crippen LogP contribution in [0.4, 0.5) is 0 Å². The Labute approximate surface area is 197 Å². The molecule has 176 valence electrons. The lowest BCUT2D eigenvalue weighted by Crippen LogP contribution is -2.33. The summed E-state index contributed by atoms with van der Waals surface area (Å²) in [5, 5.41) is 5.26. The average molecular weight is 463 g/mol. The normalized spacial score (nSPS) is 10.3. The lowest BCUT2D eigenvalue weighted by Gasteiger charge is -2.13. The molecule has 3 amide bonds. The van der Waals surface area contributed by atoms with Crippen molar-refractivity contribution in [1.29, 1.82) is 0 Å². The minimum Gasteiger partial charge on any atom is -0.490 e. The number of amides is 3. The van der Waals surface area contributed by atoms with Gasteiger partial charge in [0.25, 0.3) is 11.8 Å². The maximum Gasteiger partial charge on any atom is 0.251 e. The van der Waals surface area contributed by atoms with E-state index < -0.39 is 11.8 Å². The molecular weight excluding hydrogens is 436 g/mol. The van der Waals surface area contributed by atoms with Crippen LogP contribution in [0.3, 0.4) is 0 Å². The van der Waals surface area contributed by atoms with Gasteiger partial charge in [0.15, 0.2) is 11.5 Å². The van der Waals surface area contributed by atoms with Crippen molar-refractivity contribution in [2.75, 3.05) is 13.2 Å². The van der Waals surface area contributed by atoms with Crippen molar-refractivity contribution in [3.8, 4) is 11.5 Å². The van der Waals surface area contributed by atoms with Gasteiger partial charge in [0.2, 0.25) is 5.91 Å². The Morgan fingerprint density at radius 2 is 1.62 bits per heavy atom. The van der Waals surface area contributed by atoms with Gasteiger partial charge in [0.1, 0.15) is 6.61 Å². The number of benzene rings is 2. The molecule has 0 aliphatic heterocycles. The second-order valence-corrected chi connectivity index (χ2v) is 7.27. The van der Waals surface area contributed by atoms with Gasteiger partial charge in [-0.15, -0.1) is 0 Å². The molecule has 1 aromatic heterocycles. The number of nitrogens with one attached hydrogen (secondary N) is 2. The van der Waals surface area contributed by atoms with Crippen LogP contribution >= 0.6 is 0 Å². The maximum atomic E-state index is 12.7. The van der Waals surface area contributed by atoms with E-state index in [4.69, 9.17) is 15.2 Å². The third-order valence-corrected chi connectivity index (χ3v) is 4.72. The fraction of sp³-hybridized carbons (Fsp3) is 0.200. The Morgan fingerprint density at radius 3 is 2.29 bits per heavy atom. The average Bonchev–Trinajstić information content (AvgIpc) is 2.86. The molecule has 0 fully saturated rings. The SMILES string of the molecule is CCOc1cc(C(=O)NCc2ccc(C(=O)NCC(N)=O)cc2)ccc1OCc1cccnc1. The molecule has 9 nitrogen and oxygen atoms in total. The smallest absolute Gasteiger partial charge is 0.251 e. The van der Waals surface area contributed by atoms with E-state index in [9.17, 15) is 14.4 Å². The summed E-state index contributed by atoms with van der Waals surface area (Å²) in [6, 6.07) is 15.4. The van der Waals surface area contributed by atoms with Crippen molar-refractivity contribution in [2.24, 2.45) is 5.73 Å². The number of nitrogens with two attached hydrogens (primary N) is 1. The van der Waals surface area contributed by atoms with Crippen molar-refractivity contribution in [1.82, 2.24) is 15.6 Å². The zero-order chi connectivity index (χ0) is 24.3. The van der Waals surface area contributed by atoms with Gasteiger partial charge in [-0.05, 0) is 48.9 Å². The van der Waals surface area contributed by atoms with E-state index in [0.717, 1.165) is 11.1 Å². The summed E-state index contributed by atoms with van der Waals surface area (Å²) in [5.41, 5.74) is 7.57. The highest BCUT2D eigenvalue weighted by Gasteiger charge is 2.12. The molecule has 3 aromatic rings. The summed E-state index contributed by atoms with van der Waals surface area (Å²) in [6.07, 6.45) is 3.42. The van der Waals surface area contributed by atoms with E-state index in [1.807, 2.05) is 19.1 Å².